The predicted octanol–water partition coefficient (Wildman–Crippen LogP) is 2.77. The Morgan fingerprint density at radius 2 is 2.00 bits per heavy atom. The first-order valence-electron chi connectivity index (χ1n) is 9.63. The number of halogens is 1. The van der Waals surface area contributed by atoms with E-state index in [4.69, 9.17) is 4.99 Å². The Balaban J connectivity index is 0.00000338. The summed E-state index contributed by atoms with van der Waals surface area (Å²) < 4.78 is 0. The van der Waals surface area contributed by atoms with Gasteiger partial charge < -0.3 is 15.5 Å². The van der Waals surface area contributed by atoms with Crippen molar-refractivity contribution in [2.45, 2.75) is 45.8 Å². The standard InChI is InChI=1S/C20H35N5.HI/c1-5-21-20(22-12-13-24(4)6-2)23-19-14-17(3)25(16-19)15-18-10-8-7-9-11-18;/h7-11,17,19H,5-6,12-16H2,1-4H3,(H2,21,22,23);1H. The van der Waals surface area contributed by atoms with Crippen LogP contribution in [0.1, 0.15) is 32.8 Å². The van der Waals surface area contributed by atoms with E-state index in [1.807, 2.05) is 0 Å². The van der Waals surface area contributed by atoms with Crippen molar-refractivity contribution in [3.8, 4) is 0 Å². The molecule has 0 bridgehead atoms. The maximum absolute atomic E-state index is 4.73. The lowest BCUT2D eigenvalue weighted by atomic mass is 10.2. The number of nitrogens with one attached hydrogen (secondary N) is 2. The molecule has 2 unspecified atom stereocenters. The minimum atomic E-state index is 0. The number of hydrogen-bond acceptors (Lipinski definition) is 3. The molecule has 0 radical (unpaired) electrons. The third kappa shape index (κ3) is 7.80. The molecule has 0 saturated carbocycles. The molecular formula is C20H36IN5. The van der Waals surface area contributed by atoms with Gasteiger partial charge in [0, 0.05) is 38.3 Å². The second kappa shape index (κ2) is 12.5. The van der Waals surface area contributed by atoms with Gasteiger partial charge >= 0.3 is 0 Å². The average molecular weight is 473 g/mol. The van der Waals surface area contributed by atoms with E-state index in [-0.39, 0.29) is 24.0 Å². The summed E-state index contributed by atoms with van der Waals surface area (Å²) in [6, 6.07) is 11.8. The van der Waals surface area contributed by atoms with E-state index in [1.54, 1.807) is 0 Å². The highest BCUT2D eigenvalue weighted by molar-refractivity contribution is 14.0. The molecule has 2 N–H and O–H groups in total. The fraction of sp³-hybridized carbons (Fsp3) is 0.650. The van der Waals surface area contributed by atoms with Crippen molar-refractivity contribution in [1.29, 1.82) is 0 Å². The summed E-state index contributed by atoms with van der Waals surface area (Å²) >= 11 is 0. The van der Waals surface area contributed by atoms with Crippen molar-refractivity contribution in [1.82, 2.24) is 20.4 Å². The molecule has 26 heavy (non-hydrogen) atoms. The number of likely N-dealkylation sites (tertiary alicyclic amines) is 1. The van der Waals surface area contributed by atoms with Crippen LogP contribution in [0.25, 0.3) is 0 Å². The van der Waals surface area contributed by atoms with Crippen LogP contribution < -0.4 is 10.6 Å². The summed E-state index contributed by atoms with van der Waals surface area (Å²) in [6.45, 7) is 12.5. The van der Waals surface area contributed by atoms with Crippen molar-refractivity contribution in [2.24, 2.45) is 4.99 Å². The summed E-state index contributed by atoms with van der Waals surface area (Å²) in [5.74, 6) is 0.950. The monoisotopic (exact) mass is 473 g/mol. The number of benzene rings is 1. The van der Waals surface area contributed by atoms with Gasteiger partial charge in [0.15, 0.2) is 5.96 Å². The van der Waals surface area contributed by atoms with Crippen molar-refractivity contribution in [3.63, 3.8) is 0 Å². The van der Waals surface area contributed by atoms with Crippen LogP contribution in [0.3, 0.4) is 0 Å². The molecule has 1 aliphatic heterocycles. The van der Waals surface area contributed by atoms with E-state index in [0.717, 1.165) is 51.6 Å². The zero-order valence-corrected chi connectivity index (χ0v) is 19.1. The molecule has 0 spiro atoms. The van der Waals surface area contributed by atoms with Crippen LogP contribution in [-0.2, 0) is 6.54 Å². The van der Waals surface area contributed by atoms with Gasteiger partial charge in [0.05, 0.1) is 6.54 Å². The van der Waals surface area contributed by atoms with Crippen LogP contribution in [0.2, 0.25) is 0 Å². The molecule has 6 heteroatoms. The molecule has 0 aliphatic carbocycles. The number of guanidine groups is 1. The Morgan fingerprint density at radius 1 is 1.27 bits per heavy atom. The maximum atomic E-state index is 4.73. The Kier molecular flexibility index (Phi) is 11.2. The molecule has 5 nitrogen and oxygen atoms in total. The zero-order valence-electron chi connectivity index (χ0n) is 16.7. The van der Waals surface area contributed by atoms with Gasteiger partial charge in [-0.3, -0.25) is 9.89 Å². The van der Waals surface area contributed by atoms with Crippen LogP contribution in [0.5, 0.6) is 0 Å². The molecule has 1 saturated heterocycles. The molecular weight excluding hydrogens is 437 g/mol. The summed E-state index contributed by atoms with van der Waals surface area (Å²) in [5, 5.41) is 7.02. The number of likely N-dealkylation sites (N-methyl/N-ethyl adjacent to an activating group) is 1. The smallest absolute Gasteiger partial charge is 0.191 e. The fourth-order valence-corrected chi connectivity index (χ4v) is 3.25. The molecule has 1 aromatic carbocycles. The van der Waals surface area contributed by atoms with E-state index in [9.17, 15) is 0 Å². The second-order valence-electron chi connectivity index (χ2n) is 7.00. The summed E-state index contributed by atoms with van der Waals surface area (Å²) in [6.07, 6.45) is 1.16. The SMILES string of the molecule is CCNC(=NCCN(C)CC)NC1CC(C)N(Cc2ccccc2)C1.I. The first-order chi connectivity index (χ1) is 12.1. The molecule has 1 aromatic rings. The van der Waals surface area contributed by atoms with Crippen LogP contribution in [-0.4, -0.2) is 67.6 Å². The molecule has 0 aromatic heterocycles. The second-order valence-corrected chi connectivity index (χ2v) is 7.00. The topological polar surface area (TPSA) is 42.9 Å². The molecule has 1 aliphatic rings. The maximum Gasteiger partial charge on any atom is 0.191 e. The predicted molar refractivity (Wildman–Crippen MR) is 122 cm³/mol. The van der Waals surface area contributed by atoms with Gasteiger partial charge in [-0.25, -0.2) is 0 Å². The Labute approximate surface area is 176 Å². The first-order valence-corrected chi connectivity index (χ1v) is 9.63. The van der Waals surface area contributed by atoms with E-state index in [1.165, 1.54) is 5.56 Å². The lowest BCUT2D eigenvalue weighted by molar-refractivity contribution is 0.258. The highest BCUT2D eigenvalue weighted by atomic mass is 127. The summed E-state index contributed by atoms with van der Waals surface area (Å²) in [7, 11) is 2.13. The molecule has 2 rings (SSSR count). The minimum Gasteiger partial charge on any atom is -0.357 e. The number of rotatable bonds is 8. The summed E-state index contributed by atoms with van der Waals surface area (Å²) in [5.41, 5.74) is 1.39. The molecule has 0 amide bonds. The molecule has 1 fully saturated rings. The van der Waals surface area contributed by atoms with Crippen LogP contribution >= 0.6 is 24.0 Å². The Hall–Kier alpha value is -0.860. The highest BCUT2D eigenvalue weighted by Crippen LogP contribution is 2.20. The van der Waals surface area contributed by atoms with E-state index in [0.29, 0.717) is 12.1 Å². The van der Waals surface area contributed by atoms with E-state index >= 15 is 0 Å². The van der Waals surface area contributed by atoms with Crippen LogP contribution in [0.4, 0.5) is 0 Å². The quantitative estimate of drug-likeness (QED) is 0.346. The van der Waals surface area contributed by atoms with Crippen molar-refractivity contribution in [3.05, 3.63) is 35.9 Å². The number of hydrogen-bond donors (Lipinski definition) is 2. The lowest BCUT2D eigenvalue weighted by Crippen LogP contribution is -2.44. The van der Waals surface area contributed by atoms with Gasteiger partial charge in [0.25, 0.3) is 0 Å². The van der Waals surface area contributed by atoms with Crippen molar-refractivity contribution >= 4 is 29.9 Å². The number of nitrogens with zero attached hydrogens (tertiary/aromatic N) is 3. The number of aliphatic imine (C=N–C) groups is 1. The fourth-order valence-electron chi connectivity index (χ4n) is 3.25. The third-order valence-corrected chi connectivity index (χ3v) is 4.91. The molecule has 2 atom stereocenters. The van der Waals surface area contributed by atoms with Crippen molar-refractivity contribution < 1.29 is 0 Å². The van der Waals surface area contributed by atoms with E-state index < -0.39 is 0 Å². The lowest BCUT2D eigenvalue weighted by Gasteiger charge is -2.21. The van der Waals surface area contributed by atoms with Gasteiger partial charge in [-0.2, -0.15) is 0 Å². The molecule has 148 valence electrons. The molecule has 1 heterocycles. The Bertz CT molecular complexity index is 522. The highest BCUT2D eigenvalue weighted by Gasteiger charge is 2.29. The van der Waals surface area contributed by atoms with Crippen LogP contribution in [0.15, 0.2) is 35.3 Å². The normalized spacial score (nSPS) is 20.9. The first kappa shape index (κ1) is 23.2. The largest absolute Gasteiger partial charge is 0.357 e. The van der Waals surface area contributed by atoms with Crippen molar-refractivity contribution in [2.75, 3.05) is 39.8 Å². The minimum absolute atomic E-state index is 0. The van der Waals surface area contributed by atoms with Gasteiger partial charge in [-0.05, 0) is 39.4 Å². The van der Waals surface area contributed by atoms with Gasteiger partial charge in [0.1, 0.15) is 0 Å². The third-order valence-electron chi connectivity index (χ3n) is 4.91. The average Bonchev–Trinajstić information content (AvgIpc) is 2.95. The van der Waals surface area contributed by atoms with Gasteiger partial charge in [0.2, 0.25) is 0 Å². The van der Waals surface area contributed by atoms with Crippen LogP contribution in [0, 0.1) is 0 Å². The summed E-state index contributed by atoms with van der Waals surface area (Å²) in [4.78, 5) is 9.57. The zero-order chi connectivity index (χ0) is 18.1. The van der Waals surface area contributed by atoms with E-state index in [2.05, 4.69) is 78.6 Å². The van der Waals surface area contributed by atoms with Gasteiger partial charge in [-0.1, -0.05) is 37.3 Å². The Morgan fingerprint density at radius 3 is 2.65 bits per heavy atom. The van der Waals surface area contributed by atoms with Gasteiger partial charge in [-0.15, -0.1) is 24.0 Å².